The first-order valence-corrected chi connectivity index (χ1v) is 7.42. The number of halogens is 2. The molecule has 5 heteroatoms. The molecular weight excluding hydrogens is 344 g/mol. The van der Waals surface area contributed by atoms with Gasteiger partial charge in [0.05, 0.1) is 14.9 Å². The van der Waals surface area contributed by atoms with Crippen LogP contribution >= 0.6 is 22.6 Å². The van der Waals surface area contributed by atoms with Gasteiger partial charge >= 0.3 is 0 Å². The molecule has 0 saturated heterocycles. The van der Waals surface area contributed by atoms with Crippen LogP contribution < -0.4 is 11.1 Å². The van der Waals surface area contributed by atoms with Gasteiger partial charge in [0, 0.05) is 25.2 Å². The quantitative estimate of drug-likeness (QED) is 0.603. The maximum Gasteiger partial charge on any atom is 0.138 e. The first kappa shape index (κ1) is 13.9. The minimum absolute atomic E-state index is 0.221. The fraction of sp³-hybridized carbons (Fsp3) is 0.538. The summed E-state index contributed by atoms with van der Waals surface area (Å²) in [5, 5.41) is 3.22. The monoisotopic (exact) mass is 363 g/mol. The van der Waals surface area contributed by atoms with Crippen LogP contribution in [0, 0.1) is 9.39 Å². The van der Waals surface area contributed by atoms with E-state index in [1.54, 1.807) is 6.07 Å². The van der Waals surface area contributed by atoms with Gasteiger partial charge < -0.3 is 11.1 Å². The molecule has 1 aromatic carbocycles. The third kappa shape index (κ3) is 3.47. The molecule has 0 radical (unpaired) electrons. The van der Waals surface area contributed by atoms with Gasteiger partial charge in [-0.15, -0.1) is 0 Å². The highest BCUT2D eigenvalue weighted by molar-refractivity contribution is 14.1. The second-order valence-corrected chi connectivity index (χ2v) is 5.80. The third-order valence-electron chi connectivity index (χ3n) is 3.28. The largest absolute Gasteiger partial charge is 0.397 e. The van der Waals surface area contributed by atoms with Crippen molar-refractivity contribution in [2.45, 2.75) is 25.8 Å². The molecule has 100 valence electrons. The van der Waals surface area contributed by atoms with E-state index in [9.17, 15) is 4.39 Å². The van der Waals surface area contributed by atoms with Crippen LogP contribution in [0.5, 0.6) is 0 Å². The van der Waals surface area contributed by atoms with Gasteiger partial charge in [-0.05, 0) is 48.0 Å². The molecule has 1 aliphatic carbocycles. The van der Waals surface area contributed by atoms with E-state index >= 15 is 0 Å². The van der Waals surface area contributed by atoms with Crippen LogP contribution in [-0.4, -0.2) is 30.6 Å². The Hall–Kier alpha value is -0.560. The Morgan fingerprint density at radius 3 is 2.83 bits per heavy atom. The zero-order valence-electron chi connectivity index (χ0n) is 10.5. The number of nitrogens with one attached hydrogen (secondary N) is 1. The van der Waals surface area contributed by atoms with Gasteiger partial charge in [-0.3, -0.25) is 4.90 Å². The summed E-state index contributed by atoms with van der Waals surface area (Å²) in [5.41, 5.74) is 7.17. The second kappa shape index (κ2) is 6.06. The van der Waals surface area contributed by atoms with Crippen LogP contribution in [0.1, 0.15) is 19.8 Å². The third-order valence-corrected chi connectivity index (χ3v) is 4.10. The van der Waals surface area contributed by atoms with Crippen molar-refractivity contribution >= 4 is 34.0 Å². The summed E-state index contributed by atoms with van der Waals surface area (Å²) in [7, 11) is 0. The summed E-state index contributed by atoms with van der Waals surface area (Å²) in [6.45, 7) is 5.03. The average Bonchev–Trinajstić information content (AvgIpc) is 3.15. The van der Waals surface area contributed by atoms with Gasteiger partial charge in [-0.25, -0.2) is 4.39 Å². The minimum atomic E-state index is -0.221. The Morgan fingerprint density at radius 2 is 2.22 bits per heavy atom. The van der Waals surface area contributed by atoms with Gasteiger partial charge in [-0.2, -0.15) is 0 Å². The van der Waals surface area contributed by atoms with Crippen LogP contribution in [0.2, 0.25) is 0 Å². The molecule has 0 unspecified atom stereocenters. The molecule has 0 spiro atoms. The van der Waals surface area contributed by atoms with E-state index < -0.39 is 0 Å². The van der Waals surface area contributed by atoms with Crippen LogP contribution in [0.25, 0.3) is 0 Å². The van der Waals surface area contributed by atoms with Crippen LogP contribution in [0.3, 0.4) is 0 Å². The van der Waals surface area contributed by atoms with Gasteiger partial charge in [0.15, 0.2) is 0 Å². The number of nitrogens with zero attached hydrogens (tertiary/aromatic N) is 1. The van der Waals surface area contributed by atoms with Gasteiger partial charge in [0.1, 0.15) is 5.82 Å². The minimum Gasteiger partial charge on any atom is -0.397 e. The zero-order valence-corrected chi connectivity index (χ0v) is 12.7. The highest BCUT2D eigenvalue weighted by atomic mass is 127. The molecule has 0 amide bonds. The number of nitrogens with two attached hydrogens (primary N) is 1. The van der Waals surface area contributed by atoms with Gasteiger partial charge in [0.2, 0.25) is 0 Å². The van der Waals surface area contributed by atoms with E-state index in [2.05, 4.69) is 17.1 Å². The molecular formula is C13H19FIN3. The predicted molar refractivity (Wildman–Crippen MR) is 82.3 cm³/mol. The van der Waals surface area contributed by atoms with Crippen molar-refractivity contribution in [2.75, 3.05) is 30.7 Å². The van der Waals surface area contributed by atoms with Crippen molar-refractivity contribution in [3.63, 3.8) is 0 Å². The van der Waals surface area contributed by atoms with E-state index in [0.717, 1.165) is 25.7 Å². The highest BCUT2D eigenvalue weighted by Gasteiger charge is 2.27. The Labute approximate surface area is 121 Å². The van der Waals surface area contributed by atoms with Crippen molar-refractivity contribution < 1.29 is 4.39 Å². The SMILES string of the molecule is CCN(CCNc1cc(F)c(I)cc1N)C1CC1. The van der Waals surface area contributed by atoms with E-state index in [1.165, 1.54) is 18.9 Å². The molecule has 1 fully saturated rings. The summed E-state index contributed by atoms with van der Waals surface area (Å²) in [6, 6.07) is 3.91. The average molecular weight is 363 g/mol. The number of nitrogen functional groups attached to an aromatic ring is 1. The smallest absolute Gasteiger partial charge is 0.138 e. The van der Waals surface area contributed by atoms with Gasteiger partial charge in [0.25, 0.3) is 0 Å². The lowest BCUT2D eigenvalue weighted by Crippen LogP contribution is -2.31. The van der Waals surface area contributed by atoms with E-state index in [1.807, 2.05) is 22.6 Å². The van der Waals surface area contributed by atoms with Crippen LogP contribution in [-0.2, 0) is 0 Å². The topological polar surface area (TPSA) is 41.3 Å². The molecule has 1 aliphatic rings. The molecule has 0 bridgehead atoms. The number of anilines is 2. The Morgan fingerprint density at radius 1 is 1.50 bits per heavy atom. The molecule has 0 atom stereocenters. The van der Waals surface area contributed by atoms with Crippen LogP contribution in [0.4, 0.5) is 15.8 Å². The summed E-state index contributed by atoms with van der Waals surface area (Å²) >= 11 is 1.95. The van der Waals surface area contributed by atoms with Crippen molar-refractivity contribution in [1.82, 2.24) is 4.90 Å². The maximum absolute atomic E-state index is 13.4. The summed E-state index contributed by atoms with van der Waals surface area (Å²) in [5.74, 6) is -0.221. The summed E-state index contributed by atoms with van der Waals surface area (Å²) < 4.78 is 14.0. The number of hydrogen-bond donors (Lipinski definition) is 2. The van der Waals surface area contributed by atoms with Crippen LogP contribution in [0.15, 0.2) is 12.1 Å². The number of benzene rings is 1. The molecule has 0 aliphatic heterocycles. The molecule has 0 heterocycles. The lowest BCUT2D eigenvalue weighted by atomic mass is 10.2. The fourth-order valence-electron chi connectivity index (χ4n) is 2.09. The molecule has 3 nitrogen and oxygen atoms in total. The lowest BCUT2D eigenvalue weighted by Gasteiger charge is -2.20. The standard InChI is InChI=1S/C13H19FIN3/c1-2-18(9-3-4-9)6-5-17-13-7-10(14)11(15)8-12(13)16/h7-9,17H,2-6,16H2,1H3. The lowest BCUT2D eigenvalue weighted by molar-refractivity contribution is 0.289. The Balaban J connectivity index is 1.87. The summed E-state index contributed by atoms with van der Waals surface area (Å²) in [6.07, 6.45) is 2.63. The molecule has 3 N–H and O–H groups in total. The fourth-order valence-corrected chi connectivity index (χ4v) is 2.58. The molecule has 18 heavy (non-hydrogen) atoms. The summed E-state index contributed by atoms with van der Waals surface area (Å²) in [4.78, 5) is 2.45. The number of rotatable bonds is 6. The first-order valence-electron chi connectivity index (χ1n) is 6.34. The number of likely N-dealkylation sites (N-methyl/N-ethyl adjacent to an activating group) is 1. The molecule has 1 aromatic rings. The second-order valence-electron chi connectivity index (χ2n) is 4.64. The van der Waals surface area contributed by atoms with E-state index in [4.69, 9.17) is 5.73 Å². The Kier molecular flexibility index (Phi) is 4.66. The van der Waals surface area contributed by atoms with Gasteiger partial charge in [-0.1, -0.05) is 6.92 Å². The van der Waals surface area contributed by atoms with Crippen molar-refractivity contribution in [3.05, 3.63) is 21.5 Å². The molecule has 0 aromatic heterocycles. The predicted octanol–water partition coefficient (Wildman–Crippen LogP) is 2.91. The zero-order chi connectivity index (χ0) is 13.1. The van der Waals surface area contributed by atoms with E-state index in [0.29, 0.717) is 14.9 Å². The number of hydrogen-bond acceptors (Lipinski definition) is 3. The maximum atomic E-state index is 13.4. The van der Waals surface area contributed by atoms with E-state index in [-0.39, 0.29) is 5.82 Å². The molecule has 1 saturated carbocycles. The normalized spacial score (nSPS) is 15.1. The van der Waals surface area contributed by atoms with Crippen molar-refractivity contribution in [1.29, 1.82) is 0 Å². The Bertz CT molecular complexity index is 421. The highest BCUT2D eigenvalue weighted by Crippen LogP contribution is 2.27. The molecule has 2 rings (SSSR count). The van der Waals surface area contributed by atoms with Crippen molar-refractivity contribution in [2.24, 2.45) is 0 Å². The van der Waals surface area contributed by atoms with Crippen molar-refractivity contribution in [3.8, 4) is 0 Å². The first-order chi connectivity index (χ1) is 8.61.